The topological polar surface area (TPSA) is 42.7 Å². The van der Waals surface area contributed by atoms with Crippen LogP contribution in [0.5, 0.6) is 0 Å². The molecule has 0 bridgehead atoms. The Morgan fingerprint density at radius 1 is 1.35 bits per heavy atom. The molecule has 0 saturated carbocycles. The summed E-state index contributed by atoms with van der Waals surface area (Å²) in [5, 5.41) is 12.1. The summed E-state index contributed by atoms with van der Waals surface area (Å²) >= 11 is 6.09. The molecule has 1 N–H and O–H groups in total. The smallest absolute Gasteiger partial charge is 0.0969 e. The minimum Gasteiger partial charge on any atom is -0.309 e. The number of halogens is 1. The minimum atomic E-state index is 0.431. The number of benzene rings is 1. The molecule has 0 aliphatic heterocycles. The van der Waals surface area contributed by atoms with Crippen LogP contribution >= 0.6 is 11.6 Å². The van der Waals surface area contributed by atoms with Crippen LogP contribution in [0.2, 0.25) is 5.02 Å². The van der Waals surface area contributed by atoms with E-state index in [-0.39, 0.29) is 0 Å². The number of aromatic nitrogens is 3. The molecule has 0 atom stereocenters. The van der Waals surface area contributed by atoms with Gasteiger partial charge in [0.05, 0.1) is 22.6 Å². The summed E-state index contributed by atoms with van der Waals surface area (Å²) in [5.41, 5.74) is 1.75. The van der Waals surface area contributed by atoms with Crippen molar-refractivity contribution in [3.63, 3.8) is 0 Å². The van der Waals surface area contributed by atoms with Gasteiger partial charge >= 0.3 is 0 Å². The molecule has 2 rings (SSSR count). The van der Waals surface area contributed by atoms with E-state index in [1.54, 1.807) is 4.68 Å². The van der Waals surface area contributed by atoms with Crippen molar-refractivity contribution in [3.05, 3.63) is 41.2 Å². The van der Waals surface area contributed by atoms with Gasteiger partial charge in [0.15, 0.2) is 0 Å². The van der Waals surface area contributed by atoms with Crippen molar-refractivity contribution in [1.82, 2.24) is 20.3 Å². The van der Waals surface area contributed by atoms with Crippen LogP contribution in [0.25, 0.3) is 5.69 Å². The Labute approximate surface area is 106 Å². The summed E-state index contributed by atoms with van der Waals surface area (Å²) in [6, 6.07) is 8.00. The van der Waals surface area contributed by atoms with Crippen LogP contribution in [0.1, 0.15) is 19.5 Å². The molecule has 0 unspecified atom stereocenters. The number of rotatable bonds is 4. The lowest BCUT2D eigenvalue weighted by molar-refractivity contribution is 0.580. The average molecular weight is 251 g/mol. The fourth-order valence-corrected chi connectivity index (χ4v) is 1.67. The number of para-hydroxylation sites is 1. The molecule has 0 saturated heterocycles. The summed E-state index contributed by atoms with van der Waals surface area (Å²) in [4.78, 5) is 0. The van der Waals surface area contributed by atoms with E-state index in [1.165, 1.54) is 0 Å². The predicted molar refractivity (Wildman–Crippen MR) is 68.3 cm³/mol. The number of nitrogens with one attached hydrogen (secondary N) is 1. The van der Waals surface area contributed by atoms with Gasteiger partial charge in [-0.05, 0) is 12.1 Å². The van der Waals surface area contributed by atoms with Crippen molar-refractivity contribution in [2.45, 2.75) is 26.4 Å². The largest absolute Gasteiger partial charge is 0.309 e. The second-order valence-corrected chi connectivity index (χ2v) is 4.55. The Bertz CT molecular complexity index is 493. The van der Waals surface area contributed by atoms with Crippen molar-refractivity contribution in [2.24, 2.45) is 0 Å². The van der Waals surface area contributed by atoms with Crippen LogP contribution in [0.4, 0.5) is 0 Å². The van der Waals surface area contributed by atoms with E-state index in [0.717, 1.165) is 11.4 Å². The van der Waals surface area contributed by atoms with Crippen molar-refractivity contribution >= 4 is 11.6 Å². The summed E-state index contributed by atoms with van der Waals surface area (Å²) in [6.07, 6.45) is 1.89. The molecular formula is C12H15ClN4. The monoisotopic (exact) mass is 250 g/mol. The second-order valence-electron chi connectivity index (χ2n) is 4.14. The van der Waals surface area contributed by atoms with Crippen LogP contribution in [-0.2, 0) is 6.54 Å². The zero-order valence-corrected chi connectivity index (χ0v) is 10.6. The van der Waals surface area contributed by atoms with Crippen LogP contribution in [-0.4, -0.2) is 21.0 Å². The Morgan fingerprint density at radius 2 is 2.12 bits per heavy atom. The minimum absolute atomic E-state index is 0.431. The molecule has 0 spiro atoms. The van der Waals surface area contributed by atoms with E-state index in [2.05, 4.69) is 29.5 Å². The molecule has 1 aromatic carbocycles. The standard InChI is InChI=1S/C12H15ClN4/c1-9(2)14-7-10-8-17(16-15-10)12-6-4-3-5-11(12)13/h3-6,8-9,14H,7H2,1-2H3. The summed E-state index contributed by atoms with van der Waals surface area (Å²) in [5.74, 6) is 0. The zero-order valence-electron chi connectivity index (χ0n) is 9.89. The molecule has 90 valence electrons. The van der Waals surface area contributed by atoms with Gasteiger partial charge in [0.2, 0.25) is 0 Å². The van der Waals surface area contributed by atoms with Gasteiger partial charge < -0.3 is 5.32 Å². The fraction of sp³-hybridized carbons (Fsp3) is 0.333. The van der Waals surface area contributed by atoms with Gasteiger partial charge in [0, 0.05) is 12.6 Å². The highest BCUT2D eigenvalue weighted by Gasteiger charge is 2.05. The molecule has 0 amide bonds. The fourth-order valence-electron chi connectivity index (χ4n) is 1.44. The van der Waals surface area contributed by atoms with Gasteiger partial charge in [0.25, 0.3) is 0 Å². The lowest BCUT2D eigenvalue weighted by Crippen LogP contribution is -2.21. The van der Waals surface area contributed by atoms with Crippen molar-refractivity contribution < 1.29 is 0 Å². The van der Waals surface area contributed by atoms with Crippen molar-refractivity contribution in [3.8, 4) is 5.69 Å². The Morgan fingerprint density at radius 3 is 2.82 bits per heavy atom. The first kappa shape index (κ1) is 12.1. The molecule has 0 radical (unpaired) electrons. The molecule has 5 heteroatoms. The maximum absolute atomic E-state index is 6.09. The van der Waals surface area contributed by atoms with Crippen LogP contribution in [0, 0.1) is 0 Å². The molecule has 2 aromatic rings. The molecule has 1 heterocycles. The molecule has 0 fully saturated rings. The van der Waals surface area contributed by atoms with E-state index < -0.39 is 0 Å². The highest BCUT2D eigenvalue weighted by Crippen LogP contribution is 2.18. The van der Waals surface area contributed by atoms with Crippen molar-refractivity contribution in [2.75, 3.05) is 0 Å². The third kappa shape index (κ3) is 3.05. The van der Waals surface area contributed by atoms with Crippen molar-refractivity contribution in [1.29, 1.82) is 0 Å². The average Bonchev–Trinajstić information content (AvgIpc) is 2.75. The molecular weight excluding hydrogens is 236 g/mol. The molecule has 1 aromatic heterocycles. The highest BCUT2D eigenvalue weighted by molar-refractivity contribution is 6.32. The van der Waals surface area contributed by atoms with Gasteiger partial charge in [0.1, 0.15) is 0 Å². The Kier molecular flexibility index (Phi) is 3.76. The van der Waals surface area contributed by atoms with E-state index >= 15 is 0 Å². The van der Waals surface area contributed by atoms with E-state index in [0.29, 0.717) is 17.6 Å². The van der Waals surface area contributed by atoms with E-state index in [9.17, 15) is 0 Å². The first-order valence-corrected chi connectivity index (χ1v) is 5.94. The third-order valence-electron chi connectivity index (χ3n) is 2.33. The summed E-state index contributed by atoms with van der Waals surface area (Å²) < 4.78 is 1.69. The van der Waals surface area contributed by atoms with Gasteiger partial charge in [-0.1, -0.05) is 42.8 Å². The SMILES string of the molecule is CC(C)NCc1cn(-c2ccccc2Cl)nn1. The van der Waals surface area contributed by atoms with E-state index in [1.807, 2.05) is 30.5 Å². The Hall–Kier alpha value is -1.39. The van der Waals surface area contributed by atoms with Gasteiger partial charge in [-0.3, -0.25) is 0 Å². The van der Waals surface area contributed by atoms with Gasteiger partial charge in [-0.2, -0.15) is 0 Å². The summed E-state index contributed by atoms with van der Waals surface area (Å²) in [7, 11) is 0. The lowest BCUT2D eigenvalue weighted by atomic mass is 10.3. The lowest BCUT2D eigenvalue weighted by Gasteiger charge is -2.04. The molecule has 0 aliphatic carbocycles. The van der Waals surface area contributed by atoms with Crippen LogP contribution in [0.3, 0.4) is 0 Å². The van der Waals surface area contributed by atoms with Crippen LogP contribution in [0.15, 0.2) is 30.5 Å². The highest BCUT2D eigenvalue weighted by atomic mass is 35.5. The van der Waals surface area contributed by atoms with Crippen LogP contribution < -0.4 is 5.32 Å². The first-order valence-electron chi connectivity index (χ1n) is 5.56. The first-order chi connectivity index (χ1) is 8.16. The maximum atomic E-state index is 6.09. The number of hydrogen-bond donors (Lipinski definition) is 1. The number of hydrogen-bond acceptors (Lipinski definition) is 3. The third-order valence-corrected chi connectivity index (χ3v) is 2.65. The Balaban J connectivity index is 2.16. The maximum Gasteiger partial charge on any atom is 0.0969 e. The quantitative estimate of drug-likeness (QED) is 0.906. The van der Waals surface area contributed by atoms with Gasteiger partial charge in [-0.15, -0.1) is 5.10 Å². The molecule has 4 nitrogen and oxygen atoms in total. The normalized spacial score (nSPS) is 11.1. The number of nitrogens with zero attached hydrogens (tertiary/aromatic N) is 3. The second kappa shape index (κ2) is 5.29. The predicted octanol–water partition coefficient (Wildman–Crippen LogP) is 2.42. The van der Waals surface area contributed by atoms with Gasteiger partial charge in [-0.25, -0.2) is 4.68 Å². The molecule has 0 aliphatic rings. The zero-order chi connectivity index (χ0) is 12.3. The summed E-state index contributed by atoms with van der Waals surface area (Å²) in [6.45, 7) is 4.90. The van der Waals surface area contributed by atoms with E-state index in [4.69, 9.17) is 11.6 Å². The molecule has 17 heavy (non-hydrogen) atoms.